The molecule has 0 atom stereocenters. The molecule has 2 aromatic rings. The maximum Gasteiger partial charge on any atom is 0.171 e. The first kappa shape index (κ1) is 14.3. The average Bonchev–Trinajstić information content (AvgIpc) is 2.39. The first-order valence-corrected chi connectivity index (χ1v) is 7.27. The Morgan fingerprint density at radius 2 is 1.95 bits per heavy atom. The van der Waals surface area contributed by atoms with E-state index < -0.39 is 0 Å². The molecule has 0 radical (unpaired) electrons. The van der Waals surface area contributed by atoms with Gasteiger partial charge in [0.05, 0.1) is 5.69 Å². The Kier molecular flexibility index (Phi) is 5.19. The van der Waals surface area contributed by atoms with Crippen LogP contribution in [0.5, 0.6) is 0 Å². The minimum atomic E-state index is 0.576. The Bertz CT molecular complexity index is 589. The van der Waals surface area contributed by atoms with Gasteiger partial charge in [0.15, 0.2) is 5.11 Å². The Labute approximate surface area is 131 Å². The summed E-state index contributed by atoms with van der Waals surface area (Å²) in [4.78, 5) is 0. The molecule has 0 spiro atoms. The fourth-order valence-corrected chi connectivity index (χ4v) is 2.34. The van der Waals surface area contributed by atoms with Crippen LogP contribution in [0.3, 0.4) is 0 Å². The molecule has 98 valence electrons. The Morgan fingerprint density at radius 1 is 1.16 bits per heavy atom. The van der Waals surface area contributed by atoms with Gasteiger partial charge in [0.1, 0.15) is 0 Å². The molecule has 2 N–H and O–H groups in total. The van der Waals surface area contributed by atoms with Crippen molar-refractivity contribution in [3.63, 3.8) is 0 Å². The smallest absolute Gasteiger partial charge is 0.171 e. The van der Waals surface area contributed by atoms with Crippen molar-refractivity contribution in [3.8, 4) is 0 Å². The summed E-state index contributed by atoms with van der Waals surface area (Å²) >= 11 is 14.6. The van der Waals surface area contributed by atoms with E-state index in [-0.39, 0.29) is 0 Å². The monoisotopic (exact) mass is 354 g/mol. The maximum absolute atomic E-state index is 5.93. The molecule has 0 unspecified atom stereocenters. The molecule has 0 bridgehead atoms. The normalized spacial score (nSPS) is 10.0. The van der Waals surface area contributed by atoms with Gasteiger partial charge in [-0.1, -0.05) is 35.9 Å². The largest absolute Gasteiger partial charge is 0.358 e. The number of halogens is 2. The molecule has 0 aliphatic rings. The topological polar surface area (TPSA) is 24.1 Å². The molecule has 2 aromatic carbocycles. The van der Waals surface area contributed by atoms with Gasteiger partial charge in [-0.15, -0.1) is 0 Å². The predicted octanol–water partition coefficient (Wildman–Crippen LogP) is 4.59. The van der Waals surface area contributed by atoms with Gasteiger partial charge >= 0.3 is 0 Å². The molecular formula is C14H12BrClN2S. The lowest BCUT2D eigenvalue weighted by molar-refractivity contribution is 0.926. The SMILES string of the molecule is S=C(NCc1cccc(Cl)c1)Nc1ccccc1Br. The summed E-state index contributed by atoms with van der Waals surface area (Å²) in [5, 5.41) is 7.58. The fourth-order valence-electron chi connectivity index (χ4n) is 1.56. The van der Waals surface area contributed by atoms with Crippen molar-refractivity contribution >= 4 is 50.5 Å². The van der Waals surface area contributed by atoms with Gasteiger partial charge in [0.2, 0.25) is 0 Å². The number of hydrogen-bond acceptors (Lipinski definition) is 1. The van der Waals surface area contributed by atoms with E-state index in [0.717, 1.165) is 20.7 Å². The summed E-state index contributed by atoms with van der Waals surface area (Å²) < 4.78 is 0.974. The lowest BCUT2D eigenvalue weighted by Gasteiger charge is -2.11. The molecule has 0 amide bonds. The molecule has 2 nitrogen and oxygen atoms in total. The minimum absolute atomic E-state index is 0.576. The third-order valence-corrected chi connectivity index (χ3v) is 3.64. The first-order valence-electron chi connectivity index (χ1n) is 5.69. The van der Waals surface area contributed by atoms with Crippen LogP contribution in [0.15, 0.2) is 53.0 Å². The first-order chi connectivity index (χ1) is 9.15. The molecule has 0 heterocycles. The van der Waals surface area contributed by atoms with Gasteiger partial charge in [-0.3, -0.25) is 0 Å². The molecule has 0 aliphatic heterocycles. The number of thiocarbonyl (C=S) groups is 1. The highest BCUT2D eigenvalue weighted by Crippen LogP contribution is 2.21. The molecule has 0 aromatic heterocycles. The van der Waals surface area contributed by atoms with Crippen molar-refractivity contribution < 1.29 is 0 Å². The van der Waals surface area contributed by atoms with Crippen LogP contribution < -0.4 is 10.6 Å². The third kappa shape index (κ3) is 4.49. The van der Waals surface area contributed by atoms with Gasteiger partial charge in [-0.2, -0.15) is 0 Å². The Hall–Kier alpha value is -1.10. The minimum Gasteiger partial charge on any atom is -0.358 e. The zero-order valence-electron chi connectivity index (χ0n) is 9.99. The fraction of sp³-hybridized carbons (Fsp3) is 0.0714. The van der Waals surface area contributed by atoms with E-state index in [9.17, 15) is 0 Å². The van der Waals surface area contributed by atoms with E-state index in [0.29, 0.717) is 11.7 Å². The van der Waals surface area contributed by atoms with Crippen molar-refractivity contribution in [2.75, 3.05) is 5.32 Å². The van der Waals surface area contributed by atoms with Crippen LogP contribution >= 0.6 is 39.7 Å². The van der Waals surface area contributed by atoms with Crippen LogP contribution in [-0.2, 0) is 6.54 Å². The van der Waals surface area contributed by atoms with E-state index in [4.69, 9.17) is 23.8 Å². The third-order valence-electron chi connectivity index (χ3n) is 2.46. The maximum atomic E-state index is 5.93. The van der Waals surface area contributed by atoms with Crippen LogP contribution in [0.25, 0.3) is 0 Å². The molecule has 19 heavy (non-hydrogen) atoms. The summed E-state index contributed by atoms with van der Waals surface area (Å²) in [5.41, 5.74) is 2.02. The number of rotatable bonds is 3. The molecule has 0 fully saturated rings. The molecule has 2 rings (SSSR count). The summed E-state index contributed by atoms with van der Waals surface area (Å²) in [6, 6.07) is 15.5. The standard InChI is InChI=1S/C14H12BrClN2S/c15-12-6-1-2-7-13(12)18-14(19)17-9-10-4-3-5-11(16)8-10/h1-8H,9H2,(H2,17,18,19). The predicted molar refractivity (Wildman–Crippen MR) is 88.7 cm³/mol. The second-order valence-corrected chi connectivity index (χ2v) is 5.62. The number of hydrogen-bond donors (Lipinski definition) is 2. The van der Waals surface area contributed by atoms with Crippen LogP contribution in [0, 0.1) is 0 Å². The quantitative estimate of drug-likeness (QED) is 0.788. The molecular weight excluding hydrogens is 344 g/mol. The van der Waals surface area contributed by atoms with Gasteiger partial charge in [0.25, 0.3) is 0 Å². The van der Waals surface area contributed by atoms with Crippen LogP contribution in [0.1, 0.15) is 5.56 Å². The van der Waals surface area contributed by atoms with E-state index in [1.807, 2.05) is 48.5 Å². The summed E-state index contributed by atoms with van der Waals surface area (Å²) in [6.07, 6.45) is 0. The zero-order valence-corrected chi connectivity index (χ0v) is 13.1. The second kappa shape index (κ2) is 6.89. The Balaban J connectivity index is 1.90. The average molecular weight is 356 g/mol. The number of para-hydroxylation sites is 1. The second-order valence-electron chi connectivity index (χ2n) is 3.92. The zero-order chi connectivity index (χ0) is 13.7. The highest BCUT2D eigenvalue weighted by atomic mass is 79.9. The van der Waals surface area contributed by atoms with Crippen LogP contribution in [0.2, 0.25) is 5.02 Å². The molecule has 0 saturated carbocycles. The number of nitrogens with one attached hydrogen (secondary N) is 2. The molecule has 5 heteroatoms. The number of benzene rings is 2. The summed E-state index contributed by atoms with van der Waals surface area (Å²) in [6.45, 7) is 0.636. The van der Waals surface area contributed by atoms with Crippen LogP contribution in [-0.4, -0.2) is 5.11 Å². The lowest BCUT2D eigenvalue weighted by Crippen LogP contribution is -2.27. The lowest BCUT2D eigenvalue weighted by atomic mass is 10.2. The highest BCUT2D eigenvalue weighted by Gasteiger charge is 2.01. The van der Waals surface area contributed by atoms with Crippen LogP contribution in [0.4, 0.5) is 5.69 Å². The Morgan fingerprint density at radius 3 is 2.68 bits per heavy atom. The van der Waals surface area contributed by atoms with Gasteiger partial charge in [-0.25, -0.2) is 0 Å². The van der Waals surface area contributed by atoms with Crippen molar-refractivity contribution in [2.24, 2.45) is 0 Å². The molecule has 0 aliphatic carbocycles. The van der Waals surface area contributed by atoms with Gasteiger partial charge < -0.3 is 10.6 Å². The van der Waals surface area contributed by atoms with Crippen molar-refractivity contribution in [1.82, 2.24) is 5.32 Å². The van der Waals surface area contributed by atoms with E-state index >= 15 is 0 Å². The van der Waals surface area contributed by atoms with Crippen molar-refractivity contribution in [3.05, 3.63) is 63.6 Å². The summed E-state index contributed by atoms with van der Waals surface area (Å²) in [5.74, 6) is 0. The van der Waals surface area contributed by atoms with Gasteiger partial charge in [0, 0.05) is 16.0 Å². The van der Waals surface area contributed by atoms with Crippen molar-refractivity contribution in [1.29, 1.82) is 0 Å². The van der Waals surface area contributed by atoms with Crippen molar-refractivity contribution in [2.45, 2.75) is 6.54 Å². The van der Waals surface area contributed by atoms with E-state index in [1.54, 1.807) is 0 Å². The van der Waals surface area contributed by atoms with E-state index in [1.165, 1.54) is 0 Å². The van der Waals surface area contributed by atoms with E-state index in [2.05, 4.69) is 26.6 Å². The molecule has 0 saturated heterocycles. The highest BCUT2D eigenvalue weighted by molar-refractivity contribution is 9.10. The van der Waals surface area contributed by atoms with Gasteiger partial charge in [-0.05, 0) is 58.0 Å². The number of anilines is 1. The summed E-state index contributed by atoms with van der Waals surface area (Å²) in [7, 11) is 0.